The zero-order valence-corrected chi connectivity index (χ0v) is 9.45. The van der Waals surface area contributed by atoms with E-state index >= 15 is 0 Å². The van der Waals surface area contributed by atoms with Gasteiger partial charge >= 0.3 is 0 Å². The van der Waals surface area contributed by atoms with Gasteiger partial charge in [0.15, 0.2) is 0 Å². The molecule has 1 aromatic carbocycles. The summed E-state index contributed by atoms with van der Waals surface area (Å²) in [5.74, 6) is 0. The molecule has 0 fully saturated rings. The molecule has 0 saturated heterocycles. The van der Waals surface area contributed by atoms with Crippen molar-refractivity contribution in [2.24, 2.45) is 0 Å². The molecule has 1 nitrogen and oxygen atoms in total. The van der Waals surface area contributed by atoms with Gasteiger partial charge in [0.2, 0.25) is 0 Å². The first-order valence-corrected chi connectivity index (χ1v) is 5.06. The molecule has 0 unspecified atom stereocenters. The first-order chi connectivity index (χ1) is 6.58. The lowest BCUT2D eigenvalue weighted by Gasteiger charge is -2.05. The Kier molecular flexibility index (Phi) is 2.38. The summed E-state index contributed by atoms with van der Waals surface area (Å²) in [7, 11) is 0. The maximum atomic E-state index is 6.01. The topological polar surface area (TPSA) is 12.9 Å². The molecule has 0 saturated carbocycles. The molecule has 0 aliphatic carbocycles. The van der Waals surface area contributed by atoms with Crippen LogP contribution in [0.5, 0.6) is 0 Å². The Morgan fingerprint density at radius 2 is 1.71 bits per heavy atom. The fraction of sp³-hybridized carbons (Fsp3) is 0.182. The summed E-state index contributed by atoms with van der Waals surface area (Å²) < 4.78 is 0. The first kappa shape index (κ1) is 9.75. The van der Waals surface area contributed by atoms with E-state index in [2.05, 4.69) is 11.1 Å². The van der Waals surface area contributed by atoms with Gasteiger partial charge in [-0.1, -0.05) is 34.8 Å². The normalized spacial score (nSPS) is 10.9. The maximum absolute atomic E-state index is 6.01. The number of nitrogens with zero attached hydrogens (tertiary/aromatic N) is 1. The molecule has 72 valence electrons. The molecule has 14 heavy (non-hydrogen) atoms. The SMILES string of the molecule is Cc1cc(C)c2cc(Cl)nc(Cl)c2c1. The molecule has 0 radical (unpaired) electrons. The number of aromatic nitrogens is 1. The van der Waals surface area contributed by atoms with Gasteiger partial charge in [-0.2, -0.15) is 0 Å². The molecule has 0 bridgehead atoms. The van der Waals surface area contributed by atoms with Gasteiger partial charge in [-0.25, -0.2) is 4.98 Å². The summed E-state index contributed by atoms with van der Waals surface area (Å²) in [4.78, 5) is 4.01. The van der Waals surface area contributed by atoms with E-state index in [0.29, 0.717) is 10.3 Å². The molecule has 0 amide bonds. The molecule has 0 spiro atoms. The molecule has 0 aliphatic heterocycles. The van der Waals surface area contributed by atoms with Crippen LogP contribution in [-0.2, 0) is 0 Å². The lowest BCUT2D eigenvalue weighted by atomic mass is 10.0. The average molecular weight is 226 g/mol. The van der Waals surface area contributed by atoms with Crippen LogP contribution in [0.2, 0.25) is 10.3 Å². The summed E-state index contributed by atoms with van der Waals surface area (Å²) in [5, 5.41) is 2.95. The van der Waals surface area contributed by atoms with Crippen molar-refractivity contribution in [3.05, 3.63) is 39.6 Å². The highest BCUT2D eigenvalue weighted by molar-refractivity contribution is 6.36. The minimum Gasteiger partial charge on any atom is -0.224 e. The fourth-order valence-corrected chi connectivity index (χ4v) is 2.13. The number of fused-ring (bicyclic) bond motifs is 1. The summed E-state index contributed by atoms with van der Waals surface area (Å²) in [6, 6.07) is 5.97. The van der Waals surface area contributed by atoms with E-state index in [1.54, 1.807) is 0 Å². The molecule has 0 atom stereocenters. The van der Waals surface area contributed by atoms with Crippen LogP contribution in [0.4, 0.5) is 0 Å². The van der Waals surface area contributed by atoms with Gasteiger partial charge in [-0.15, -0.1) is 0 Å². The van der Waals surface area contributed by atoms with E-state index in [-0.39, 0.29) is 0 Å². The Morgan fingerprint density at radius 3 is 2.43 bits per heavy atom. The van der Waals surface area contributed by atoms with Crippen LogP contribution in [0, 0.1) is 13.8 Å². The fourth-order valence-electron chi connectivity index (χ4n) is 1.65. The quantitative estimate of drug-likeness (QED) is 0.614. The largest absolute Gasteiger partial charge is 0.224 e. The van der Waals surface area contributed by atoms with Gasteiger partial charge in [-0.3, -0.25) is 0 Å². The molecule has 1 heterocycles. The number of benzene rings is 1. The zero-order valence-electron chi connectivity index (χ0n) is 7.94. The second-order valence-electron chi connectivity index (χ2n) is 3.41. The van der Waals surface area contributed by atoms with Gasteiger partial charge in [0.25, 0.3) is 0 Å². The van der Waals surface area contributed by atoms with Gasteiger partial charge in [0.1, 0.15) is 10.3 Å². The van der Waals surface area contributed by atoms with Gasteiger partial charge < -0.3 is 0 Å². The minimum absolute atomic E-state index is 0.439. The van der Waals surface area contributed by atoms with Crippen molar-refractivity contribution in [3.8, 4) is 0 Å². The van der Waals surface area contributed by atoms with Crippen molar-refractivity contribution in [3.63, 3.8) is 0 Å². The highest BCUT2D eigenvalue weighted by Gasteiger charge is 2.05. The first-order valence-electron chi connectivity index (χ1n) is 4.31. The van der Waals surface area contributed by atoms with E-state index in [1.807, 2.05) is 26.0 Å². The van der Waals surface area contributed by atoms with Crippen molar-refractivity contribution in [2.75, 3.05) is 0 Å². The van der Waals surface area contributed by atoms with Crippen molar-refractivity contribution < 1.29 is 0 Å². The summed E-state index contributed by atoms with van der Waals surface area (Å²) >= 11 is 11.9. The number of hydrogen-bond donors (Lipinski definition) is 0. The van der Waals surface area contributed by atoms with Crippen LogP contribution in [0.1, 0.15) is 11.1 Å². The van der Waals surface area contributed by atoms with Crippen molar-refractivity contribution in [1.29, 1.82) is 0 Å². The van der Waals surface area contributed by atoms with Crippen LogP contribution in [-0.4, -0.2) is 4.98 Å². The number of pyridine rings is 1. The standard InChI is InChI=1S/C11H9Cl2N/c1-6-3-7(2)8-5-10(12)14-11(13)9(8)4-6/h3-5H,1-2H3. The molecule has 3 heteroatoms. The highest BCUT2D eigenvalue weighted by atomic mass is 35.5. The Hall–Kier alpha value is -0.790. The maximum Gasteiger partial charge on any atom is 0.138 e. The van der Waals surface area contributed by atoms with E-state index in [9.17, 15) is 0 Å². The van der Waals surface area contributed by atoms with Gasteiger partial charge in [-0.05, 0) is 36.9 Å². The van der Waals surface area contributed by atoms with Crippen LogP contribution in [0.25, 0.3) is 10.8 Å². The van der Waals surface area contributed by atoms with Crippen molar-refractivity contribution in [1.82, 2.24) is 4.98 Å². The third-order valence-electron chi connectivity index (χ3n) is 2.22. The predicted octanol–water partition coefficient (Wildman–Crippen LogP) is 4.16. The second kappa shape index (κ2) is 3.41. The second-order valence-corrected chi connectivity index (χ2v) is 4.16. The van der Waals surface area contributed by atoms with Crippen LogP contribution < -0.4 is 0 Å². The molecular formula is C11H9Cl2N. The van der Waals surface area contributed by atoms with Gasteiger partial charge in [0.05, 0.1) is 0 Å². The molecular weight excluding hydrogens is 217 g/mol. The molecule has 2 aromatic rings. The van der Waals surface area contributed by atoms with Crippen molar-refractivity contribution >= 4 is 34.0 Å². The van der Waals surface area contributed by atoms with Crippen LogP contribution >= 0.6 is 23.2 Å². The molecule has 1 aromatic heterocycles. The lowest BCUT2D eigenvalue weighted by molar-refractivity contribution is 1.34. The average Bonchev–Trinajstić information content (AvgIpc) is 2.07. The molecule has 0 N–H and O–H groups in total. The van der Waals surface area contributed by atoms with Gasteiger partial charge in [0, 0.05) is 5.39 Å². The summed E-state index contributed by atoms with van der Waals surface area (Å²) in [5.41, 5.74) is 2.35. The summed E-state index contributed by atoms with van der Waals surface area (Å²) in [6.07, 6.45) is 0. The van der Waals surface area contributed by atoms with Crippen molar-refractivity contribution in [2.45, 2.75) is 13.8 Å². The number of hydrogen-bond acceptors (Lipinski definition) is 1. The number of halogens is 2. The highest BCUT2D eigenvalue weighted by Crippen LogP contribution is 2.28. The zero-order chi connectivity index (χ0) is 10.3. The third-order valence-corrected chi connectivity index (χ3v) is 2.70. The Morgan fingerprint density at radius 1 is 1.00 bits per heavy atom. The van der Waals surface area contributed by atoms with Crippen LogP contribution in [0.3, 0.4) is 0 Å². The third kappa shape index (κ3) is 1.58. The van der Waals surface area contributed by atoms with E-state index < -0.39 is 0 Å². The molecule has 2 rings (SSSR count). The smallest absolute Gasteiger partial charge is 0.138 e. The number of rotatable bonds is 0. The molecule has 0 aliphatic rings. The number of aryl methyl sites for hydroxylation is 2. The van der Waals surface area contributed by atoms with E-state index in [4.69, 9.17) is 23.2 Å². The van der Waals surface area contributed by atoms with Crippen LogP contribution in [0.15, 0.2) is 18.2 Å². The lowest BCUT2D eigenvalue weighted by Crippen LogP contribution is -1.86. The minimum atomic E-state index is 0.439. The Labute approximate surface area is 92.7 Å². The van der Waals surface area contributed by atoms with E-state index in [1.165, 1.54) is 11.1 Å². The Balaban J connectivity index is 2.94. The van der Waals surface area contributed by atoms with E-state index in [0.717, 1.165) is 10.8 Å². The predicted molar refractivity (Wildman–Crippen MR) is 61.2 cm³/mol. The summed E-state index contributed by atoms with van der Waals surface area (Å²) in [6.45, 7) is 4.08. The monoisotopic (exact) mass is 225 g/mol. The Bertz CT molecular complexity index is 459.